The van der Waals surface area contributed by atoms with Gasteiger partial charge < -0.3 is 19.9 Å². The van der Waals surface area contributed by atoms with E-state index in [0.29, 0.717) is 37.6 Å². The molecule has 4 rings (SSSR count). The van der Waals surface area contributed by atoms with Gasteiger partial charge in [0.2, 0.25) is 5.90 Å². The molecule has 2 N–H and O–H groups in total. The molecule has 38 heavy (non-hydrogen) atoms. The van der Waals surface area contributed by atoms with Gasteiger partial charge in [-0.1, -0.05) is 64.5 Å². The molecule has 1 amide bonds. The molecule has 0 radical (unpaired) electrons. The van der Waals surface area contributed by atoms with Crippen molar-refractivity contribution in [2.45, 2.75) is 37.3 Å². The van der Waals surface area contributed by atoms with Crippen molar-refractivity contribution in [3.05, 3.63) is 113 Å². The summed E-state index contributed by atoms with van der Waals surface area (Å²) in [4.78, 5) is 18.7. The Morgan fingerprint density at radius 3 is 2.50 bits per heavy atom. The lowest BCUT2D eigenvalue weighted by Crippen LogP contribution is -2.48. The van der Waals surface area contributed by atoms with Crippen molar-refractivity contribution in [3.63, 3.8) is 0 Å². The van der Waals surface area contributed by atoms with E-state index in [4.69, 9.17) is 19.6 Å². The lowest BCUT2D eigenvalue weighted by atomic mass is 9.84. The summed E-state index contributed by atoms with van der Waals surface area (Å²) in [7, 11) is 0. The molecule has 0 saturated heterocycles. The predicted octanol–water partition coefficient (Wildman–Crippen LogP) is 5.79. The topological polar surface area (TPSA) is 80.2 Å². The highest BCUT2D eigenvalue weighted by Gasteiger charge is 2.52. The number of aryl methyl sites for hydroxylation is 1. The van der Waals surface area contributed by atoms with E-state index in [-0.39, 0.29) is 12.5 Å². The van der Waals surface area contributed by atoms with Crippen LogP contribution in [0.25, 0.3) is 0 Å². The maximum atomic E-state index is 13.8. The minimum atomic E-state index is -1.19. The highest BCUT2D eigenvalue weighted by Crippen LogP contribution is 2.43. The summed E-state index contributed by atoms with van der Waals surface area (Å²) in [6.45, 7) is 4.98. The number of amides is 1. The molecule has 0 saturated carbocycles. The highest BCUT2D eigenvalue weighted by molar-refractivity contribution is 9.10. The molecule has 6 nitrogen and oxygen atoms in total. The Morgan fingerprint density at radius 1 is 1.08 bits per heavy atom. The minimum absolute atomic E-state index is 0.0832. The summed E-state index contributed by atoms with van der Waals surface area (Å²) in [5, 5.41) is 12.1. The van der Waals surface area contributed by atoms with Crippen LogP contribution in [-0.2, 0) is 16.0 Å². The van der Waals surface area contributed by atoms with E-state index in [2.05, 4.69) is 40.0 Å². The van der Waals surface area contributed by atoms with Gasteiger partial charge in [0.05, 0.1) is 6.61 Å². The zero-order valence-corrected chi connectivity index (χ0v) is 22.9. The Bertz CT molecular complexity index is 1230. The number of hydrogen-bond donors (Lipinski definition) is 2. The lowest BCUT2D eigenvalue weighted by molar-refractivity contribution is -0.128. The Labute approximate surface area is 232 Å². The van der Waals surface area contributed by atoms with Crippen LogP contribution in [0.2, 0.25) is 0 Å². The molecule has 7 heteroatoms. The van der Waals surface area contributed by atoms with E-state index in [1.807, 2.05) is 66.7 Å². The average Bonchev–Trinajstić information content (AvgIpc) is 3.33. The van der Waals surface area contributed by atoms with Crippen molar-refractivity contribution >= 4 is 27.7 Å². The fourth-order valence-electron chi connectivity index (χ4n) is 4.46. The zero-order chi connectivity index (χ0) is 26.8. The molecule has 0 bridgehead atoms. The third-order valence-electron chi connectivity index (χ3n) is 6.43. The normalized spacial score (nSPS) is 18.4. The number of rotatable bonds is 13. The Kier molecular flexibility index (Phi) is 9.73. The second-order valence-electron chi connectivity index (χ2n) is 9.18. The van der Waals surface area contributed by atoms with Crippen LogP contribution in [0.5, 0.6) is 5.75 Å². The number of carbonyl (C=O) groups excluding carboxylic acids is 1. The zero-order valence-electron chi connectivity index (χ0n) is 21.3. The number of benzene rings is 3. The first-order valence-corrected chi connectivity index (χ1v) is 13.6. The summed E-state index contributed by atoms with van der Waals surface area (Å²) in [5.74, 6) is 0.914. The molecule has 0 unspecified atom stereocenters. The maximum Gasteiger partial charge on any atom is 0.252 e. The fourth-order valence-corrected chi connectivity index (χ4v) is 4.73. The number of aliphatic imine (C=N–C) groups is 1. The molecule has 0 spiro atoms. The minimum Gasteiger partial charge on any atom is -0.494 e. The van der Waals surface area contributed by atoms with Gasteiger partial charge in [-0.2, -0.15) is 0 Å². The van der Waals surface area contributed by atoms with Crippen molar-refractivity contribution < 1.29 is 19.4 Å². The monoisotopic (exact) mass is 576 g/mol. The van der Waals surface area contributed by atoms with Crippen molar-refractivity contribution in [2.24, 2.45) is 4.99 Å². The van der Waals surface area contributed by atoms with Crippen LogP contribution in [0.1, 0.15) is 42.1 Å². The van der Waals surface area contributed by atoms with Gasteiger partial charge in [0.1, 0.15) is 5.75 Å². The molecule has 0 aliphatic carbocycles. The number of aliphatic hydroxyl groups is 1. The maximum absolute atomic E-state index is 13.8. The fraction of sp³-hybridized carbons (Fsp3) is 0.290. The Morgan fingerprint density at radius 2 is 1.82 bits per heavy atom. The smallest absolute Gasteiger partial charge is 0.252 e. The quantitative estimate of drug-likeness (QED) is 0.199. The first-order valence-electron chi connectivity index (χ1n) is 12.8. The summed E-state index contributed by atoms with van der Waals surface area (Å²) >= 11 is 3.49. The van der Waals surface area contributed by atoms with Crippen LogP contribution >= 0.6 is 15.9 Å². The van der Waals surface area contributed by atoms with Crippen molar-refractivity contribution in [2.75, 3.05) is 19.8 Å². The van der Waals surface area contributed by atoms with Crippen molar-refractivity contribution in [1.29, 1.82) is 0 Å². The highest BCUT2D eigenvalue weighted by atomic mass is 79.9. The third kappa shape index (κ3) is 6.71. The summed E-state index contributed by atoms with van der Waals surface area (Å²) in [5.41, 5.74) is 1.67. The van der Waals surface area contributed by atoms with Gasteiger partial charge >= 0.3 is 0 Å². The molecule has 1 aliphatic rings. The van der Waals surface area contributed by atoms with E-state index >= 15 is 0 Å². The number of ether oxygens (including phenoxy) is 2. The van der Waals surface area contributed by atoms with Gasteiger partial charge in [0.15, 0.2) is 11.6 Å². The molecule has 3 aromatic rings. The van der Waals surface area contributed by atoms with Crippen LogP contribution in [0.3, 0.4) is 0 Å². The second-order valence-corrected chi connectivity index (χ2v) is 10.1. The summed E-state index contributed by atoms with van der Waals surface area (Å²) in [6, 6.07) is 25.4. The first kappa shape index (κ1) is 27.6. The Balaban J connectivity index is 1.57. The number of halogens is 1. The van der Waals surface area contributed by atoms with Crippen LogP contribution < -0.4 is 10.1 Å². The van der Waals surface area contributed by atoms with Gasteiger partial charge in [-0.05, 0) is 60.4 Å². The third-order valence-corrected chi connectivity index (χ3v) is 6.96. The molecule has 0 fully saturated rings. The second kappa shape index (κ2) is 13.4. The van der Waals surface area contributed by atoms with Crippen LogP contribution in [-0.4, -0.2) is 42.2 Å². The number of hydrogen-bond acceptors (Lipinski definition) is 5. The first-order chi connectivity index (χ1) is 18.6. The summed E-state index contributed by atoms with van der Waals surface area (Å²) < 4.78 is 13.0. The lowest BCUT2D eigenvalue weighted by Gasteiger charge is -2.29. The van der Waals surface area contributed by atoms with E-state index in [1.54, 1.807) is 6.08 Å². The molecule has 0 aromatic heterocycles. The van der Waals surface area contributed by atoms with E-state index in [9.17, 15) is 4.79 Å². The molecule has 1 heterocycles. The van der Waals surface area contributed by atoms with Gasteiger partial charge in [0.25, 0.3) is 5.91 Å². The van der Waals surface area contributed by atoms with Crippen LogP contribution in [0.4, 0.5) is 0 Å². The van der Waals surface area contributed by atoms with E-state index in [0.717, 1.165) is 28.4 Å². The van der Waals surface area contributed by atoms with Crippen molar-refractivity contribution in [3.8, 4) is 5.75 Å². The van der Waals surface area contributed by atoms with Gasteiger partial charge in [-0.25, -0.2) is 4.99 Å². The molecule has 2 atom stereocenters. The van der Waals surface area contributed by atoms with E-state index < -0.39 is 11.6 Å². The van der Waals surface area contributed by atoms with Crippen molar-refractivity contribution in [1.82, 2.24) is 5.32 Å². The largest absolute Gasteiger partial charge is 0.494 e. The number of nitrogens with zero attached hydrogens (tertiary/aromatic N) is 1. The molecular formula is C31H33BrN2O4. The molecular weight excluding hydrogens is 544 g/mol. The number of carbonyl (C=O) groups is 1. The van der Waals surface area contributed by atoms with Gasteiger partial charge in [0, 0.05) is 36.0 Å². The summed E-state index contributed by atoms with van der Waals surface area (Å²) in [6.07, 6.45) is 3.70. The van der Waals surface area contributed by atoms with Crippen LogP contribution in [0.15, 0.2) is 101 Å². The number of nitrogens with one attached hydrogen (secondary N) is 1. The van der Waals surface area contributed by atoms with E-state index in [1.165, 1.54) is 5.56 Å². The van der Waals surface area contributed by atoms with Gasteiger partial charge in [-0.3, -0.25) is 4.79 Å². The number of aliphatic hydroxyl groups excluding tert-OH is 1. The predicted molar refractivity (Wildman–Crippen MR) is 153 cm³/mol. The molecule has 198 valence electrons. The van der Waals surface area contributed by atoms with Gasteiger partial charge in [-0.15, -0.1) is 6.58 Å². The molecule has 3 aromatic carbocycles. The SMILES string of the molecule is C=CC[C@@]1(C(=O)NCCCc2ccccc2)N=C(c2ccc(OCCCO)cc2)O[C@@H]1c1ccc(Br)cc1. The van der Waals surface area contributed by atoms with Crippen LogP contribution in [0, 0.1) is 0 Å². The standard InChI is InChI=1S/C31H33BrN2O4/c1-2-19-31(30(36)33-20-6-10-23-8-4-3-5-9-23)28(24-11-15-26(32)16-12-24)38-29(34-31)25-13-17-27(18-14-25)37-22-7-21-35/h2-5,8-9,11-18,28,35H,1,6-7,10,19-22H2,(H,33,36)/t28-,31-/m1/s1. The average molecular weight is 578 g/mol. The molecule has 1 aliphatic heterocycles. The Hall–Kier alpha value is -3.42.